The van der Waals surface area contributed by atoms with Gasteiger partial charge in [0.15, 0.2) is 0 Å². The summed E-state index contributed by atoms with van der Waals surface area (Å²) in [6.07, 6.45) is -11.7. The van der Waals surface area contributed by atoms with Crippen molar-refractivity contribution in [2.75, 3.05) is 147 Å². The van der Waals surface area contributed by atoms with Crippen molar-refractivity contribution in [1.82, 2.24) is 30.9 Å². The zero-order valence-electron chi connectivity index (χ0n) is 55.8. The van der Waals surface area contributed by atoms with Gasteiger partial charge in [-0.15, -0.1) is 0 Å². The summed E-state index contributed by atoms with van der Waals surface area (Å²) in [5, 5.41) is 21.5. The van der Waals surface area contributed by atoms with Gasteiger partial charge < -0.3 is 77.2 Å². The Morgan fingerprint density at radius 2 is 0.670 bits per heavy atom. The quantitative estimate of drug-likeness (QED) is 0.0248. The fourth-order valence-corrected chi connectivity index (χ4v) is 10.8. The topological polar surface area (TPSA) is 250 Å². The number of aromatic nitrogens is 3. The monoisotopic (exact) mass is 1450 g/mol. The Balaban J connectivity index is 0.000000168. The van der Waals surface area contributed by atoms with E-state index in [0.29, 0.717) is 44.0 Å². The second-order valence-electron chi connectivity index (χ2n) is 22.8. The van der Waals surface area contributed by atoms with Crippen LogP contribution in [-0.2, 0) is 32.7 Å². The number of hydrogen-bond acceptors (Lipinski definition) is 18. The van der Waals surface area contributed by atoms with Crippen molar-refractivity contribution in [1.29, 1.82) is 0 Å². The Morgan fingerprint density at radius 3 is 0.971 bits per heavy atom. The van der Waals surface area contributed by atoms with E-state index >= 15 is 0 Å². The van der Waals surface area contributed by atoms with Gasteiger partial charge >= 0.3 is 18.5 Å². The number of amides is 3. The van der Waals surface area contributed by atoms with Crippen molar-refractivity contribution in [2.24, 2.45) is 0 Å². The molecule has 0 atom stereocenters. The lowest BCUT2D eigenvalue weighted by Crippen LogP contribution is -2.36. The predicted octanol–water partition coefficient (Wildman–Crippen LogP) is 14.5. The van der Waals surface area contributed by atoms with E-state index in [2.05, 4.69) is 84.3 Å². The fourth-order valence-electron chi connectivity index (χ4n) is 10.6. The molecule has 0 saturated carbocycles. The number of alkyl halides is 9. The standard InChI is InChI=1S/2C24H24F3N5O2.C14H11ClF3N3O.C10H14N2O/c2*1-28-23(33)18-4-2-3-5-20(18)31-21-14-22(29-15-19(21)24(25,26)27)30-16-6-8-17(9-7-16)32-10-12-34-13-11-32;1-19-13(22)8-4-2-3-5-10(8)21-11-6-12(15)20-7-9(11)14(16,17)18;11-9-1-3-10(4-2-9)12-5-7-13-8-6-12/h2*2-9,14-15H,10-13H2,1H3,(H,28,33)(H2,29,30,31);2-7H,1H3,(H,19,22)(H,20,21);1-4H,5-8,11H2. The summed E-state index contributed by atoms with van der Waals surface area (Å²) in [5.41, 5.74) is 8.96. The third kappa shape index (κ3) is 21.5. The molecule has 3 aromatic heterocycles. The zero-order valence-corrected chi connectivity index (χ0v) is 56.6. The highest BCUT2D eigenvalue weighted by molar-refractivity contribution is 6.29. The number of para-hydroxylation sites is 3. The number of morpholine rings is 3. The van der Waals surface area contributed by atoms with Gasteiger partial charge in [0.1, 0.15) is 16.8 Å². The summed E-state index contributed by atoms with van der Waals surface area (Å²) < 4.78 is 137. The van der Waals surface area contributed by atoms with Gasteiger partial charge in [-0.2, -0.15) is 39.5 Å². The maximum Gasteiger partial charge on any atom is 0.419 e. The molecule has 3 aliphatic rings. The van der Waals surface area contributed by atoms with Crippen molar-refractivity contribution in [3.63, 3.8) is 0 Å². The number of nitrogens with zero attached hydrogens (tertiary/aromatic N) is 6. The summed E-state index contributed by atoms with van der Waals surface area (Å²) in [7, 11) is 4.35. The lowest BCUT2D eigenvalue weighted by molar-refractivity contribution is -0.138. The number of pyridine rings is 3. The molecule has 0 unspecified atom stereocenters. The second kappa shape index (κ2) is 35.5. The Bertz CT molecular complexity index is 4110. The average Bonchev–Trinajstić information content (AvgIpc) is 0.804. The Labute approximate surface area is 592 Å². The molecule has 9 aromatic rings. The number of benzene rings is 6. The van der Waals surface area contributed by atoms with Crippen molar-refractivity contribution < 1.29 is 68.1 Å². The van der Waals surface area contributed by atoms with Gasteiger partial charge in [-0.1, -0.05) is 48.0 Å². The van der Waals surface area contributed by atoms with Gasteiger partial charge in [0.25, 0.3) is 17.7 Å². The van der Waals surface area contributed by atoms with Crippen LogP contribution in [0.1, 0.15) is 47.8 Å². The lowest BCUT2D eigenvalue weighted by atomic mass is 10.1. The van der Waals surface area contributed by atoms with Gasteiger partial charge in [0.2, 0.25) is 0 Å². The van der Waals surface area contributed by atoms with Crippen LogP contribution >= 0.6 is 11.6 Å². The molecule has 10 N–H and O–H groups in total. The first-order valence-corrected chi connectivity index (χ1v) is 32.5. The third-order valence-electron chi connectivity index (χ3n) is 15.9. The highest BCUT2D eigenvalue weighted by atomic mass is 35.5. The lowest BCUT2D eigenvalue weighted by Gasteiger charge is -2.28. The summed E-state index contributed by atoms with van der Waals surface area (Å²) in [6, 6.07) is 45.7. The minimum Gasteiger partial charge on any atom is -0.399 e. The molecule has 3 fully saturated rings. The molecule has 542 valence electrons. The van der Waals surface area contributed by atoms with E-state index in [1.54, 1.807) is 48.5 Å². The normalized spacial score (nSPS) is 13.8. The average molecular weight is 1450 g/mol. The molecule has 0 radical (unpaired) electrons. The largest absolute Gasteiger partial charge is 0.419 e. The van der Waals surface area contributed by atoms with Crippen LogP contribution in [0.4, 0.5) is 119 Å². The number of carbonyl (C=O) groups is 3. The van der Waals surface area contributed by atoms with Crippen LogP contribution in [0.15, 0.2) is 182 Å². The number of ether oxygens (including phenoxy) is 3. The third-order valence-corrected chi connectivity index (χ3v) is 16.1. The number of nitrogen functional groups attached to an aromatic ring is 1. The number of carbonyl (C=O) groups excluding carboxylic acids is 3. The molecule has 0 bridgehead atoms. The maximum absolute atomic E-state index is 13.7. The summed E-state index contributed by atoms with van der Waals surface area (Å²) in [5.74, 6) is -0.787. The van der Waals surface area contributed by atoms with E-state index in [1.165, 1.54) is 63.2 Å². The zero-order chi connectivity index (χ0) is 73.7. The van der Waals surface area contributed by atoms with Crippen LogP contribution in [0.5, 0.6) is 0 Å². The van der Waals surface area contributed by atoms with Crippen LogP contribution in [0.2, 0.25) is 5.15 Å². The van der Waals surface area contributed by atoms with E-state index in [9.17, 15) is 53.9 Å². The van der Waals surface area contributed by atoms with E-state index in [0.717, 1.165) is 88.0 Å². The number of nitrogens with two attached hydrogens (primary N) is 1. The number of nitrogens with one attached hydrogen (secondary N) is 8. The molecule has 6 aromatic carbocycles. The number of hydrogen-bond donors (Lipinski definition) is 9. The molecule has 3 saturated heterocycles. The fraction of sp³-hybridized carbons (Fsp3) is 0.250. The molecule has 3 aliphatic heterocycles. The van der Waals surface area contributed by atoms with Gasteiger partial charge in [0, 0.05) is 125 Å². The molecule has 3 amide bonds. The molecular formula is C72H73ClF9N15O6. The van der Waals surface area contributed by atoms with Gasteiger partial charge in [-0.3, -0.25) is 14.4 Å². The van der Waals surface area contributed by atoms with Crippen LogP contribution in [0.25, 0.3) is 0 Å². The number of halogens is 10. The van der Waals surface area contributed by atoms with Crippen molar-refractivity contribution >= 4 is 109 Å². The van der Waals surface area contributed by atoms with Crippen LogP contribution < -0.4 is 63.0 Å². The Morgan fingerprint density at radius 1 is 0.388 bits per heavy atom. The molecule has 31 heteroatoms. The summed E-state index contributed by atoms with van der Waals surface area (Å²) in [4.78, 5) is 54.1. The first-order valence-electron chi connectivity index (χ1n) is 32.1. The number of anilines is 14. The maximum atomic E-state index is 13.7. The molecule has 0 spiro atoms. The minimum atomic E-state index is -4.63. The van der Waals surface area contributed by atoms with Gasteiger partial charge in [-0.25, -0.2) is 15.0 Å². The van der Waals surface area contributed by atoms with E-state index in [-0.39, 0.29) is 67.6 Å². The van der Waals surface area contributed by atoms with Crippen LogP contribution in [-0.4, -0.2) is 133 Å². The highest BCUT2D eigenvalue weighted by Crippen LogP contribution is 2.41. The van der Waals surface area contributed by atoms with Crippen LogP contribution in [0.3, 0.4) is 0 Å². The van der Waals surface area contributed by atoms with Crippen molar-refractivity contribution in [3.05, 3.63) is 221 Å². The Kier molecular flexibility index (Phi) is 26.2. The SMILES string of the molecule is CNC(=O)c1ccccc1Nc1cc(Cl)ncc1C(F)(F)F.CNC(=O)c1ccccc1Nc1cc(Nc2ccc(N3CCOCC3)cc2)ncc1C(F)(F)F.CNC(=O)c1ccccc1Nc1cc(Nc2ccc(N3CCOCC3)cc2)ncc1C(F)(F)F.Nc1ccc(N2CCOCC2)cc1. The first kappa shape index (κ1) is 76.1. The summed E-state index contributed by atoms with van der Waals surface area (Å²) in [6.45, 7) is 9.52. The van der Waals surface area contributed by atoms with Crippen molar-refractivity contribution in [3.8, 4) is 0 Å². The Hall–Kier alpha value is -11.1. The molecule has 103 heavy (non-hydrogen) atoms. The molecular weight excluding hydrogens is 1380 g/mol. The van der Waals surface area contributed by atoms with Gasteiger partial charge in [-0.05, 0) is 115 Å². The smallest absolute Gasteiger partial charge is 0.399 e. The van der Waals surface area contributed by atoms with E-state index in [1.807, 2.05) is 60.7 Å². The molecule has 6 heterocycles. The first-order chi connectivity index (χ1) is 49.4. The highest BCUT2D eigenvalue weighted by Gasteiger charge is 2.37. The van der Waals surface area contributed by atoms with Crippen molar-refractivity contribution in [2.45, 2.75) is 18.5 Å². The second-order valence-corrected chi connectivity index (χ2v) is 23.1. The van der Waals surface area contributed by atoms with E-state index < -0.39 is 52.9 Å². The molecule has 21 nitrogen and oxygen atoms in total. The minimum absolute atomic E-state index is 0.0899. The number of rotatable bonds is 16. The molecule has 0 aliphatic carbocycles. The molecule has 12 rings (SSSR count). The van der Waals surface area contributed by atoms with Crippen LogP contribution in [0, 0.1) is 0 Å². The van der Waals surface area contributed by atoms with Gasteiger partial charge in [0.05, 0.1) is 107 Å². The summed E-state index contributed by atoms with van der Waals surface area (Å²) >= 11 is 5.67. The predicted molar refractivity (Wildman–Crippen MR) is 381 cm³/mol. The van der Waals surface area contributed by atoms with E-state index in [4.69, 9.17) is 31.5 Å².